The molecule has 0 aliphatic rings. The van der Waals surface area contributed by atoms with E-state index in [2.05, 4.69) is 12.2 Å². The lowest BCUT2D eigenvalue weighted by molar-refractivity contribution is 0.107. The van der Waals surface area contributed by atoms with E-state index in [9.17, 15) is 5.11 Å². The molecule has 92 valence electrons. The van der Waals surface area contributed by atoms with Gasteiger partial charge >= 0.3 is 0 Å². The van der Waals surface area contributed by atoms with Crippen LogP contribution in [-0.4, -0.2) is 46.5 Å². The summed E-state index contributed by atoms with van der Waals surface area (Å²) in [6.07, 6.45) is 1.89. The Balaban J connectivity index is 3.23. The lowest BCUT2D eigenvalue weighted by atomic mass is 10.2. The Morgan fingerprint density at radius 3 is 2.60 bits per heavy atom. The average molecular weight is 235 g/mol. The SMILES string of the molecule is CC(CCCO)NCCSCC(C)(C)O. The number of hydrogen-bond donors (Lipinski definition) is 3. The van der Waals surface area contributed by atoms with Crippen molar-refractivity contribution in [2.24, 2.45) is 0 Å². The number of nitrogens with one attached hydrogen (secondary N) is 1. The number of hydrogen-bond acceptors (Lipinski definition) is 4. The molecule has 0 bridgehead atoms. The van der Waals surface area contributed by atoms with Gasteiger partial charge in [-0.1, -0.05) is 0 Å². The van der Waals surface area contributed by atoms with Gasteiger partial charge in [-0.3, -0.25) is 0 Å². The van der Waals surface area contributed by atoms with E-state index in [1.807, 2.05) is 13.8 Å². The van der Waals surface area contributed by atoms with Gasteiger partial charge in [-0.2, -0.15) is 11.8 Å². The summed E-state index contributed by atoms with van der Waals surface area (Å²) in [5.74, 6) is 1.80. The zero-order valence-electron chi connectivity index (χ0n) is 10.1. The third kappa shape index (κ3) is 12.2. The maximum absolute atomic E-state index is 9.47. The van der Waals surface area contributed by atoms with E-state index >= 15 is 0 Å². The minimum atomic E-state index is -0.562. The molecule has 1 atom stereocenters. The predicted molar refractivity (Wildman–Crippen MR) is 67.4 cm³/mol. The molecule has 0 radical (unpaired) electrons. The molecule has 0 saturated heterocycles. The molecule has 0 heterocycles. The highest BCUT2D eigenvalue weighted by atomic mass is 32.2. The van der Waals surface area contributed by atoms with E-state index < -0.39 is 5.60 Å². The topological polar surface area (TPSA) is 52.5 Å². The largest absolute Gasteiger partial charge is 0.396 e. The summed E-state index contributed by atoms with van der Waals surface area (Å²) in [6, 6.07) is 0.472. The zero-order valence-corrected chi connectivity index (χ0v) is 10.9. The normalized spacial score (nSPS) is 14.2. The molecule has 0 amide bonds. The molecule has 3 nitrogen and oxygen atoms in total. The molecule has 0 fully saturated rings. The Morgan fingerprint density at radius 1 is 1.40 bits per heavy atom. The molecule has 1 unspecified atom stereocenters. The molecule has 0 rings (SSSR count). The monoisotopic (exact) mass is 235 g/mol. The smallest absolute Gasteiger partial charge is 0.0681 e. The molecular formula is C11H25NO2S. The van der Waals surface area contributed by atoms with E-state index in [0.29, 0.717) is 6.04 Å². The van der Waals surface area contributed by atoms with Crippen molar-refractivity contribution in [1.29, 1.82) is 0 Å². The van der Waals surface area contributed by atoms with Gasteiger partial charge in [-0.25, -0.2) is 0 Å². The summed E-state index contributed by atoms with van der Waals surface area (Å²) >= 11 is 1.76. The van der Waals surface area contributed by atoms with Crippen molar-refractivity contribution in [3.63, 3.8) is 0 Å². The highest BCUT2D eigenvalue weighted by Crippen LogP contribution is 2.11. The highest BCUT2D eigenvalue weighted by Gasteiger charge is 2.11. The van der Waals surface area contributed by atoms with Crippen LogP contribution in [-0.2, 0) is 0 Å². The van der Waals surface area contributed by atoms with Gasteiger partial charge in [0, 0.05) is 30.7 Å². The number of aliphatic hydroxyl groups excluding tert-OH is 1. The second-order valence-electron chi connectivity index (χ2n) is 4.59. The Morgan fingerprint density at radius 2 is 2.07 bits per heavy atom. The third-order valence-electron chi connectivity index (χ3n) is 1.99. The Hall–Kier alpha value is 0.230. The molecule has 0 saturated carbocycles. The van der Waals surface area contributed by atoms with Gasteiger partial charge in [-0.05, 0) is 33.6 Å². The maximum Gasteiger partial charge on any atom is 0.0681 e. The van der Waals surface area contributed by atoms with Crippen LogP contribution < -0.4 is 5.32 Å². The first-order valence-electron chi connectivity index (χ1n) is 5.60. The average Bonchev–Trinajstić information content (AvgIpc) is 2.12. The lowest BCUT2D eigenvalue weighted by Gasteiger charge is -2.17. The van der Waals surface area contributed by atoms with Crippen LogP contribution in [0.1, 0.15) is 33.6 Å². The van der Waals surface area contributed by atoms with E-state index in [0.717, 1.165) is 30.9 Å². The molecule has 15 heavy (non-hydrogen) atoms. The molecule has 0 aromatic carbocycles. The number of aliphatic hydroxyl groups is 2. The van der Waals surface area contributed by atoms with Crippen LogP contribution in [0.3, 0.4) is 0 Å². The van der Waals surface area contributed by atoms with Crippen LogP contribution in [0.2, 0.25) is 0 Å². The van der Waals surface area contributed by atoms with Crippen molar-refractivity contribution in [1.82, 2.24) is 5.32 Å². The van der Waals surface area contributed by atoms with Gasteiger partial charge in [0.2, 0.25) is 0 Å². The molecule has 0 aromatic rings. The summed E-state index contributed by atoms with van der Waals surface area (Å²) in [4.78, 5) is 0. The van der Waals surface area contributed by atoms with Gasteiger partial charge in [0.25, 0.3) is 0 Å². The van der Waals surface area contributed by atoms with Crippen molar-refractivity contribution in [3.8, 4) is 0 Å². The van der Waals surface area contributed by atoms with Crippen molar-refractivity contribution < 1.29 is 10.2 Å². The molecule has 4 heteroatoms. The van der Waals surface area contributed by atoms with Crippen molar-refractivity contribution in [2.45, 2.75) is 45.3 Å². The fourth-order valence-electron chi connectivity index (χ4n) is 1.20. The Labute approximate surface area is 97.7 Å². The summed E-state index contributed by atoms with van der Waals surface area (Å²) in [6.45, 7) is 7.04. The van der Waals surface area contributed by atoms with Crippen LogP contribution in [0.15, 0.2) is 0 Å². The summed E-state index contributed by atoms with van der Waals surface area (Å²) in [5, 5.41) is 21.5. The Kier molecular flexibility index (Phi) is 8.52. The molecule has 0 aliphatic heterocycles. The van der Waals surface area contributed by atoms with Crippen LogP contribution in [0.5, 0.6) is 0 Å². The zero-order chi connectivity index (χ0) is 11.7. The van der Waals surface area contributed by atoms with Gasteiger partial charge in [0.05, 0.1) is 5.60 Å². The fourth-order valence-corrected chi connectivity index (χ4v) is 2.11. The number of rotatable bonds is 9. The van der Waals surface area contributed by atoms with E-state index in [-0.39, 0.29) is 6.61 Å². The molecule has 0 aliphatic carbocycles. The third-order valence-corrected chi connectivity index (χ3v) is 3.39. The molecule has 0 aromatic heterocycles. The predicted octanol–water partition coefficient (Wildman–Crippen LogP) is 1.24. The van der Waals surface area contributed by atoms with Crippen LogP contribution in [0, 0.1) is 0 Å². The van der Waals surface area contributed by atoms with Crippen molar-refractivity contribution in [3.05, 3.63) is 0 Å². The lowest BCUT2D eigenvalue weighted by Crippen LogP contribution is -2.29. The first-order valence-corrected chi connectivity index (χ1v) is 6.75. The van der Waals surface area contributed by atoms with Crippen LogP contribution in [0.4, 0.5) is 0 Å². The second kappa shape index (κ2) is 8.39. The van der Waals surface area contributed by atoms with E-state index in [1.165, 1.54) is 0 Å². The van der Waals surface area contributed by atoms with Gasteiger partial charge in [-0.15, -0.1) is 0 Å². The molecule has 3 N–H and O–H groups in total. The van der Waals surface area contributed by atoms with Crippen LogP contribution >= 0.6 is 11.8 Å². The summed E-state index contributed by atoms with van der Waals surface area (Å²) in [7, 11) is 0. The second-order valence-corrected chi connectivity index (χ2v) is 5.69. The molecule has 0 spiro atoms. The van der Waals surface area contributed by atoms with E-state index in [1.54, 1.807) is 11.8 Å². The standard InChI is InChI=1S/C11H25NO2S/c1-10(5-4-7-13)12-6-8-15-9-11(2,3)14/h10,12-14H,4-9H2,1-3H3. The van der Waals surface area contributed by atoms with Crippen molar-refractivity contribution >= 4 is 11.8 Å². The highest BCUT2D eigenvalue weighted by molar-refractivity contribution is 7.99. The van der Waals surface area contributed by atoms with Gasteiger partial charge < -0.3 is 15.5 Å². The quantitative estimate of drug-likeness (QED) is 0.526. The Bertz CT molecular complexity index is 148. The van der Waals surface area contributed by atoms with Gasteiger partial charge in [0.15, 0.2) is 0 Å². The van der Waals surface area contributed by atoms with Crippen molar-refractivity contribution in [2.75, 3.05) is 24.7 Å². The maximum atomic E-state index is 9.47. The molecular weight excluding hydrogens is 210 g/mol. The minimum Gasteiger partial charge on any atom is -0.396 e. The van der Waals surface area contributed by atoms with Gasteiger partial charge in [0.1, 0.15) is 0 Å². The van der Waals surface area contributed by atoms with Crippen LogP contribution in [0.25, 0.3) is 0 Å². The first-order chi connectivity index (χ1) is 6.95. The summed E-state index contributed by atoms with van der Waals surface area (Å²) in [5.41, 5.74) is -0.562. The minimum absolute atomic E-state index is 0.277. The summed E-state index contributed by atoms with van der Waals surface area (Å²) < 4.78 is 0. The fraction of sp³-hybridized carbons (Fsp3) is 1.00. The number of thioether (sulfide) groups is 1. The van der Waals surface area contributed by atoms with E-state index in [4.69, 9.17) is 5.11 Å². The first kappa shape index (κ1) is 15.2.